The predicted molar refractivity (Wildman–Crippen MR) is 65.7 cm³/mol. The minimum absolute atomic E-state index is 0.230. The summed E-state index contributed by atoms with van der Waals surface area (Å²) >= 11 is 0. The van der Waals surface area contributed by atoms with Crippen LogP contribution in [0.25, 0.3) is 5.65 Å². The molecule has 0 amide bonds. The van der Waals surface area contributed by atoms with Gasteiger partial charge in [0.05, 0.1) is 0 Å². The Hall–Kier alpha value is -1.58. The number of pyridine rings is 1. The van der Waals surface area contributed by atoms with Crippen molar-refractivity contribution in [2.24, 2.45) is 5.41 Å². The van der Waals surface area contributed by atoms with E-state index in [1.54, 1.807) is 4.52 Å². The molecule has 2 aromatic rings. The quantitative estimate of drug-likeness (QED) is 0.842. The van der Waals surface area contributed by atoms with Crippen LogP contribution in [0.3, 0.4) is 0 Å². The molecule has 0 aliphatic carbocycles. The first-order valence-electron chi connectivity index (χ1n) is 5.51. The number of rotatable bonds is 2. The van der Waals surface area contributed by atoms with Crippen molar-refractivity contribution in [1.82, 2.24) is 14.6 Å². The number of aryl methyl sites for hydroxylation is 1. The number of fused-ring (bicyclic) bond motifs is 1. The zero-order chi connectivity index (χ0) is 11.8. The standard InChI is InChI=1S/C12H18N4/c1-9-5-6-16-10(7-9)14-11(15-16)13-8-12(2,3)4/h5-7H,8H2,1-4H3,(H,13,15). The van der Waals surface area contributed by atoms with Crippen molar-refractivity contribution in [3.8, 4) is 0 Å². The first-order chi connectivity index (χ1) is 7.44. The fourth-order valence-corrected chi connectivity index (χ4v) is 1.40. The zero-order valence-corrected chi connectivity index (χ0v) is 10.3. The Morgan fingerprint density at radius 1 is 1.38 bits per heavy atom. The van der Waals surface area contributed by atoms with Crippen molar-refractivity contribution in [3.63, 3.8) is 0 Å². The molecule has 0 atom stereocenters. The van der Waals surface area contributed by atoms with Gasteiger partial charge in [-0.25, -0.2) is 4.52 Å². The summed E-state index contributed by atoms with van der Waals surface area (Å²) in [6, 6.07) is 4.05. The van der Waals surface area contributed by atoms with Crippen molar-refractivity contribution in [1.29, 1.82) is 0 Å². The van der Waals surface area contributed by atoms with Crippen LogP contribution in [0.2, 0.25) is 0 Å². The van der Waals surface area contributed by atoms with E-state index in [4.69, 9.17) is 0 Å². The van der Waals surface area contributed by atoms with Crippen LogP contribution in [0.1, 0.15) is 26.3 Å². The van der Waals surface area contributed by atoms with Crippen LogP contribution in [0.5, 0.6) is 0 Å². The first-order valence-corrected chi connectivity index (χ1v) is 5.51. The molecule has 0 bridgehead atoms. The van der Waals surface area contributed by atoms with E-state index in [1.165, 1.54) is 5.56 Å². The lowest BCUT2D eigenvalue weighted by molar-refractivity contribution is 0.442. The molecule has 0 saturated heterocycles. The molecule has 0 aromatic carbocycles. The molecule has 16 heavy (non-hydrogen) atoms. The average molecular weight is 218 g/mol. The number of hydrogen-bond acceptors (Lipinski definition) is 3. The molecule has 0 spiro atoms. The third kappa shape index (κ3) is 2.51. The topological polar surface area (TPSA) is 42.2 Å². The maximum absolute atomic E-state index is 4.42. The van der Waals surface area contributed by atoms with Gasteiger partial charge < -0.3 is 5.32 Å². The normalized spacial score (nSPS) is 12.0. The second-order valence-electron chi connectivity index (χ2n) is 5.36. The molecule has 86 valence electrons. The van der Waals surface area contributed by atoms with Crippen LogP contribution < -0.4 is 5.32 Å². The summed E-state index contributed by atoms with van der Waals surface area (Å²) in [7, 11) is 0. The Bertz CT molecular complexity index is 493. The lowest BCUT2D eigenvalue weighted by Gasteiger charge is -2.17. The van der Waals surface area contributed by atoms with Crippen molar-refractivity contribution >= 4 is 11.6 Å². The van der Waals surface area contributed by atoms with Crippen molar-refractivity contribution in [3.05, 3.63) is 23.9 Å². The molecule has 4 heteroatoms. The Morgan fingerprint density at radius 2 is 2.12 bits per heavy atom. The molecule has 0 saturated carbocycles. The highest BCUT2D eigenvalue weighted by molar-refractivity contribution is 5.45. The first kappa shape index (κ1) is 10.9. The van der Waals surface area contributed by atoms with E-state index in [-0.39, 0.29) is 5.41 Å². The number of anilines is 1. The molecule has 0 aliphatic heterocycles. The van der Waals surface area contributed by atoms with E-state index in [0.29, 0.717) is 5.95 Å². The van der Waals surface area contributed by atoms with Crippen molar-refractivity contribution < 1.29 is 0 Å². The van der Waals surface area contributed by atoms with Gasteiger partial charge in [-0.3, -0.25) is 0 Å². The third-order valence-corrected chi connectivity index (χ3v) is 2.27. The van der Waals surface area contributed by atoms with Gasteiger partial charge in [0.15, 0.2) is 5.65 Å². The van der Waals surface area contributed by atoms with E-state index < -0.39 is 0 Å². The minimum Gasteiger partial charge on any atom is -0.352 e. The van der Waals surface area contributed by atoms with Crippen LogP contribution in [-0.4, -0.2) is 21.1 Å². The monoisotopic (exact) mass is 218 g/mol. The number of hydrogen-bond donors (Lipinski definition) is 1. The second-order valence-corrected chi connectivity index (χ2v) is 5.36. The van der Waals surface area contributed by atoms with Gasteiger partial charge in [-0.05, 0) is 30.0 Å². The lowest BCUT2D eigenvalue weighted by Crippen LogP contribution is -2.19. The van der Waals surface area contributed by atoms with Gasteiger partial charge in [0.2, 0.25) is 5.95 Å². The molecular formula is C12H18N4. The Kier molecular flexibility index (Phi) is 2.58. The third-order valence-electron chi connectivity index (χ3n) is 2.27. The predicted octanol–water partition coefficient (Wildman–Crippen LogP) is 2.50. The molecule has 2 aromatic heterocycles. The molecular weight excluding hydrogens is 200 g/mol. The van der Waals surface area contributed by atoms with E-state index in [2.05, 4.69) is 43.1 Å². The fourth-order valence-electron chi connectivity index (χ4n) is 1.40. The van der Waals surface area contributed by atoms with Crippen molar-refractivity contribution in [2.45, 2.75) is 27.7 Å². The van der Waals surface area contributed by atoms with Gasteiger partial charge >= 0.3 is 0 Å². The van der Waals surface area contributed by atoms with E-state index in [9.17, 15) is 0 Å². The summed E-state index contributed by atoms with van der Waals surface area (Å²) in [5, 5.41) is 7.60. The van der Waals surface area contributed by atoms with Gasteiger partial charge in [0, 0.05) is 12.7 Å². The summed E-state index contributed by atoms with van der Waals surface area (Å²) in [6.45, 7) is 9.46. The molecule has 1 N–H and O–H groups in total. The van der Waals surface area contributed by atoms with Crippen LogP contribution in [0.4, 0.5) is 5.95 Å². The molecule has 2 heterocycles. The Morgan fingerprint density at radius 3 is 2.81 bits per heavy atom. The zero-order valence-electron chi connectivity index (χ0n) is 10.3. The molecule has 0 radical (unpaired) electrons. The van der Waals surface area contributed by atoms with E-state index >= 15 is 0 Å². The molecule has 0 unspecified atom stereocenters. The Labute approximate surface area is 95.7 Å². The highest BCUT2D eigenvalue weighted by Crippen LogP contribution is 2.14. The van der Waals surface area contributed by atoms with E-state index in [0.717, 1.165) is 12.2 Å². The van der Waals surface area contributed by atoms with Crippen LogP contribution in [0.15, 0.2) is 18.3 Å². The van der Waals surface area contributed by atoms with Crippen LogP contribution in [-0.2, 0) is 0 Å². The second kappa shape index (κ2) is 3.77. The van der Waals surface area contributed by atoms with Crippen molar-refractivity contribution in [2.75, 3.05) is 11.9 Å². The maximum Gasteiger partial charge on any atom is 0.243 e. The molecule has 4 nitrogen and oxygen atoms in total. The highest BCUT2D eigenvalue weighted by atomic mass is 15.3. The number of aromatic nitrogens is 3. The average Bonchev–Trinajstić information content (AvgIpc) is 2.55. The largest absolute Gasteiger partial charge is 0.352 e. The van der Waals surface area contributed by atoms with Gasteiger partial charge in [0.1, 0.15) is 0 Å². The molecule has 0 fully saturated rings. The fraction of sp³-hybridized carbons (Fsp3) is 0.500. The van der Waals surface area contributed by atoms with Gasteiger partial charge in [-0.2, -0.15) is 4.98 Å². The lowest BCUT2D eigenvalue weighted by atomic mass is 9.97. The highest BCUT2D eigenvalue weighted by Gasteiger charge is 2.11. The molecule has 0 aliphatic rings. The van der Waals surface area contributed by atoms with Crippen LogP contribution >= 0.6 is 0 Å². The summed E-state index contributed by atoms with van der Waals surface area (Å²) in [6.07, 6.45) is 1.93. The number of nitrogens with zero attached hydrogens (tertiary/aromatic N) is 3. The SMILES string of the molecule is Cc1ccn2nc(NCC(C)(C)C)nc2c1. The minimum atomic E-state index is 0.230. The summed E-state index contributed by atoms with van der Waals surface area (Å²) in [4.78, 5) is 4.42. The summed E-state index contributed by atoms with van der Waals surface area (Å²) in [5.41, 5.74) is 2.31. The number of nitrogens with one attached hydrogen (secondary N) is 1. The summed E-state index contributed by atoms with van der Waals surface area (Å²) < 4.78 is 1.79. The maximum atomic E-state index is 4.42. The molecule has 2 rings (SSSR count). The van der Waals surface area contributed by atoms with Crippen LogP contribution in [0, 0.1) is 12.3 Å². The smallest absolute Gasteiger partial charge is 0.243 e. The van der Waals surface area contributed by atoms with Gasteiger partial charge in [-0.15, -0.1) is 5.10 Å². The van der Waals surface area contributed by atoms with Gasteiger partial charge in [-0.1, -0.05) is 20.8 Å². The summed E-state index contributed by atoms with van der Waals surface area (Å²) in [5.74, 6) is 0.695. The van der Waals surface area contributed by atoms with Gasteiger partial charge in [0.25, 0.3) is 0 Å². The van der Waals surface area contributed by atoms with E-state index in [1.807, 2.05) is 18.3 Å². The Balaban J connectivity index is 2.20.